The Morgan fingerprint density at radius 2 is 0.925 bits per heavy atom. The first-order valence-corrected chi connectivity index (χ1v) is 13.8. The zero-order chi connectivity index (χ0) is 28.9. The molecule has 0 heterocycles. The maximum atomic E-state index is 11.9. The Hall–Kier alpha value is -2.00. The van der Waals surface area contributed by atoms with Gasteiger partial charge >= 0.3 is 0 Å². The van der Waals surface area contributed by atoms with Crippen LogP contribution in [0.1, 0.15) is 29.3 Å². The van der Waals surface area contributed by atoms with Gasteiger partial charge in [0.25, 0.3) is 0 Å². The fourth-order valence-corrected chi connectivity index (χ4v) is 3.04. The van der Waals surface area contributed by atoms with E-state index >= 15 is 0 Å². The number of carbonyl (C=O) groups excluding carboxylic acids is 2. The molecule has 40 heavy (non-hydrogen) atoms. The summed E-state index contributed by atoms with van der Waals surface area (Å²) in [6.07, 6.45) is 0.274. The average molecular weight is 573 g/mol. The lowest BCUT2D eigenvalue weighted by molar-refractivity contribution is -0.122. The van der Waals surface area contributed by atoms with Crippen LogP contribution in [0.2, 0.25) is 0 Å². The summed E-state index contributed by atoms with van der Waals surface area (Å²) in [6, 6.07) is 7.18. The second-order valence-electron chi connectivity index (χ2n) is 8.47. The first kappa shape index (κ1) is 36.0. The van der Waals surface area contributed by atoms with Gasteiger partial charge in [-0.15, -0.1) is 0 Å². The topological polar surface area (TPSA) is 146 Å². The summed E-state index contributed by atoms with van der Waals surface area (Å²) >= 11 is 0. The van der Waals surface area contributed by atoms with Gasteiger partial charge < -0.3 is 48.9 Å². The van der Waals surface area contributed by atoms with E-state index in [9.17, 15) is 9.59 Å². The van der Waals surface area contributed by atoms with Gasteiger partial charge in [0, 0.05) is 25.1 Å². The number of hydrogen-bond donors (Lipinski definition) is 2. The van der Waals surface area contributed by atoms with Gasteiger partial charge in [0.1, 0.15) is 0 Å². The zero-order valence-electron chi connectivity index (χ0n) is 23.9. The highest BCUT2D eigenvalue weighted by Gasteiger charge is 2.03. The summed E-state index contributed by atoms with van der Waals surface area (Å²) in [6.45, 7) is 10.2. The van der Waals surface area contributed by atoms with E-state index in [1.807, 2.05) is 12.1 Å². The van der Waals surface area contributed by atoms with Gasteiger partial charge in [-0.2, -0.15) is 0 Å². The Bertz CT molecular complexity index is 736. The molecule has 0 aliphatic rings. The monoisotopic (exact) mass is 572 g/mol. The molecular weight excluding hydrogens is 524 g/mol. The van der Waals surface area contributed by atoms with Crippen LogP contribution in [0.15, 0.2) is 24.3 Å². The van der Waals surface area contributed by atoms with Crippen LogP contribution in [-0.2, 0) is 49.2 Å². The van der Waals surface area contributed by atoms with Gasteiger partial charge in [0.05, 0.1) is 106 Å². The third-order valence-electron chi connectivity index (χ3n) is 5.19. The number of nitrogens with two attached hydrogens (primary N) is 1. The summed E-state index contributed by atoms with van der Waals surface area (Å²) in [5.41, 5.74) is 6.91. The highest BCUT2D eigenvalue weighted by Crippen LogP contribution is 2.05. The molecule has 1 aromatic rings. The minimum atomic E-state index is -0.0915. The zero-order valence-corrected chi connectivity index (χ0v) is 23.9. The van der Waals surface area contributed by atoms with Crippen molar-refractivity contribution in [2.45, 2.75) is 19.9 Å². The molecule has 12 heteroatoms. The summed E-state index contributed by atoms with van der Waals surface area (Å²) in [7, 11) is 0. The predicted octanol–water partition coefficient (Wildman–Crippen LogP) is 0.987. The normalized spacial score (nSPS) is 11.2. The van der Waals surface area contributed by atoms with Crippen molar-refractivity contribution in [3.8, 4) is 0 Å². The van der Waals surface area contributed by atoms with Crippen molar-refractivity contribution in [2.75, 3.05) is 112 Å². The van der Waals surface area contributed by atoms with E-state index in [1.54, 1.807) is 12.1 Å². The fraction of sp³-hybridized carbons (Fsp3) is 0.714. The lowest BCUT2D eigenvalue weighted by Gasteiger charge is -2.09. The molecule has 1 aromatic carbocycles. The number of ketones is 1. The first-order chi connectivity index (χ1) is 19.6. The standard InChI is InChI=1S/C28H48N2O10/c1-25(31)27-4-2-26(3-5-27)24-30-28(32)6-8-33-10-12-35-14-16-37-18-20-39-22-23-40-21-19-38-17-15-36-13-11-34-9-7-29/h2-5H,6-24,29H2,1H3,(H,30,32). The number of carbonyl (C=O) groups is 2. The molecule has 0 aromatic heterocycles. The molecular formula is C28H48N2O10. The van der Waals surface area contributed by atoms with Crippen LogP contribution in [0.3, 0.4) is 0 Å². The van der Waals surface area contributed by atoms with Crippen molar-refractivity contribution < 1.29 is 47.5 Å². The maximum absolute atomic E-state index is 11.9. The SMILES string of the molecule is CC(=O)c1ccc(CNC(=O)CCOCCOCCOCCOCCOCCOCCOCCOCCN)cc1. The third-order valence-corrected chi connectivity index (χ3v) is 5.19. The number of ether oxygens (including phenoxy) is 8. The average Bonchev–Trinajstić information content (AvgIpc) is 2.96. The number of nitrogens with one attached hydrogen (secondary N) is 1. The van der Waals surface area contributed by atoms with E-state index in [0.717, 1.165) is 5.56 Å². The van der Waals surface area contributed by atoms with Gasteiger partial charge in [0.2, 0.25) is 5.91 Å². The van der Waals surface area contributed by atoms with Crippen molar-refractivity contribution in [1.82, 2.24) is 5.32 Å². The van der Waals surface area contributed by atoms with Crippen LogP contribution >= 0.6 is 0 Å². The summed E-state index contributed by atoms with van der Waals surface area (Å²) in [5, 5.41) is 2.83. The maximum Gasteiger partial charge on any atom is 0.222 e. The van der Waals surface area contributed by atoms with Crippen molar-refractivity contribution in [1.29, 1.82) is 0 Å². The van der Waals surface area contributed by atoms with E-state index in [1.165, 1.54) is 6.92 Å². The Kier molecular flexibility index (Phi) is 24.5. The Labute approximate surface area is 238 Å². The van der Waals surface area contributed by atoms with E-state index in [-0.39, 0.29) is 18.1 Å². The summed E-state index contributed by atoms with van der Waals surface area (Å²) < 4.78 is 43.1. The second kappa shape index (κ2) is 27.2. The number of Topliss-reactive ketones (excluding diaryl/α,β-unsaturated/α-hetero) is 1. The quantitative estimate of drug-likeness (QED) is 0.105. The van der Waals surface area contributed by atoms with E-state index in [2.05, 4.69) is 5.32 Å². The molecule has 230 valence electrons. The second-order valence-corrected chi connectivity index (χ2v) is 8.47. The molecule has 1 amide bonds. The molecule has 0 unspecified atom stereocenters. The minimum absolute atomic E-state index is 0.0192. The highest BCUT2D eigenvalue weighted by molar-refractivity contribution is 5.94. The fourth-order valence-electron chi connectivity index (χ4n) is 3.04. The first-order valence-electron chi connectivity index (χ1n) is 13.8. The predicted molar refractivity (Wildman–Crippen MR) is 149 cm³/mol. The van der Waals surface area contributed by atoms with Gasteiger partial charge in [-0.05, 0) is 12.5 Å². The number of benzene rings is 1. The molecule has 3 N–H and O–H groups in total. The smallest absolute Gasteiger partial charge is 0.222 e. The van der Waals surface area contributed by atoms with Crippen LogP contribution < -0.4 is 11.1 Å². The van der Waals surface area contributed by atoms with Crippen molar-refractivity contribution in [3.05, 3.63) is 35.4 Å². The molecule has 0 saturated heterocycles. The molecule has 1 rings (SSSR count). The van der Waals surface area contributed by atoms with E-state index in [0.29, 0.717) is 124 Å². The largest absolute Gasteiger partial charge is 0.379 e. The van der Waals surface area contributed by atoms with Crippen LogP contribution in [0.25, 0.3) is 0 Å². The number of amides is 1. The van der Waals surface area contributed by atoms with Crippen molar-refractivity contribution in [2.24, 2.45) is 5.73 Å². The molecule has 0 radical (unpaired) electrons. The Morgan fingerprint density at radius 3 is 1.27 bits per heavy atom. The van der Waals surface area contributed by atoms with Crippen LogP contribution in [0.5, 0.6) is 0 Å². The lowest BCUT2D eigenvalue weighted by atomic mass is 10.1. The van der Waals surface area contributed by atoms with Crippen LogP contribution in [-0.4, -0.2) is 124 Å². The van der Waals surface area contributed by atoms with Crippen molar-refractivity contribution >= 4 is 11.7 Å². The molecule has 0 atom stereocenters. The van der Waals surface area contributed by atoms with Gasteiger partial charge in [-0.25, -0.2) is 0 Å². The van der Waals surface area contributed by atoms with E-state index in [4.69, 9.17) is 43.6 Å². The Balaban J connectivity index is 1.73. The highest BCUT2D eigenvalue weighted by atomic mass is 16.6. The third kappa shape index (κ3) is 22.8. The van der Waals surface area contributed by atoms with E-state index < -0.39 is 0 Å². The molecule has 0 aliphatic carbocycles. The molecule has 0 bridgehead atoms. The van der Waals surface area contributed by atoms with Crippen LogP contribution in [0, 0.1) is 0 Å². The van der Waals surface area contributed by atoms with Crippen LogP contribution in [0.4, 0.5) is 0 Å². The lowest BCUT2D eigenvalue weighted by Crippen LogP contribution is -2.24. The minimum Gasteiger partial charge on any atom is -0.379 e. The summed E-state index contributed by atoms with van der Waals surface area (Å²) in [5.74, 6) is -0.0723. The molecule has 0 saturated carbocycles. The van der Waals surface area contributed by atoms with Gasteiger partial charge in [0.15, 0.2) is 5.78 Å². The molecule has 0 spiro atoms. The molecule has 12 nitrogen and oxygen atoms in total. The van der Waals surface area contributed by atoms with Gasteiger partial charge in [-0.1, -0.05) is 24.3 Å². The van der Waals surface area contributed by atoms with Crippen molar-refractivity contribution in [3.63, 3.8) is 0 Å². The molecule has 0 fully saturated rings. The number of rotatable bonds is 29. The van der Waals surface area contributed by atoms with Gasteiger partial charge in [-0.3, -0.25) is 9.59 Å². The Morgan fingerprint density at radius 1 is 0.575 bits per heavy atom. The summed E-state index contributed by atoms with van der Waals surface area (Å²) in [4.78, 5) is 23.2. The number of hydrogen-bond acceptors (Lipinski definition) is 11. The molecule has 0 aliphatic heterocycles.